The molecule has 0 saturated heterocycles. The van der Waals surface area contributed by atoms with Gasteiger partial charge in [0.15, 0.2) is 0 Å². The van der Waals surface area contributed by atoms with E-state index in [9.17, 15) is 24.2 Å². The molecule has 0 aliphatic rings. The highest BCUT2D eigenvalue weighted by atomic mass is 19.1. The molecular weight excluding hydrogens is 551 g/mol. The topological polar surface area (TPSA) is 102 Å². The van der Waals surface area contributed by atoms with Crippen molar-refractivity contribution in [3.8, 4) is 11.1 Å². The van der Waals surface area contributed by atoms with Crippen LogP contribution in [0.2, 0.25) is 0 Å². The molecule has 8 heteroatoms. The Morgan fingerprint density at radius 1 is 0.953 bits per heavy atom. The summed E-state index contributed by atoms with van der Waals surface area (Å²) in [5.74, 6) is -1.96. The van der Waals surface area contributed by atoms with E-state index < -0.39 is 23.6 Å². The van der Waals surface area contributed by atoms with Crippen molar-refractivity contribution in [2.45, 2.75) is 77.9 Å². The maximum atomic E-state index is 14.9. The molecule has 2 aromatic rings. The third-order valence-electron chi connectivity index (χ3n) is 6.90. The number of aliphatic hydroxyl groups excluding tert-OH is 1. The zero-order valence-corrected chi connectivity index (χ0v) is 26.0. The largest absolute Gasteiger partial charge is 0.462 e. The van der Waals surface area contributed by atoms with Crippen molar-refractivity contribution < 1.29 is 38.4 Å². The van der Waals surface area contributed by atoms with E-state index in [1.807, 2.05) is 36.4 Å². The van der Waals surface area contributed by atoms with E-state index in [0.29, 0.717) is 18.4 Å². The van der Waals surface area contributed by atoms with E-state index in [2.05, 4.69) is 20.1 Å². The van der Waals surface area contributed by atoms with Gasteiger partial charge in [0, 0.05) is 11.5 Å². The van der Waals surface area contributed by atoms with Gasteiger partial charge in [-0.05, 0) is 69.2 Å². The van der Waals surface area contributed by atoms with E-state index >= 15 is 0 Å². The molecule has 0 saturated carbocycles. The summed E-state index contributed by atoms with van der Waals surface area (Å²) in [5, 5.41) is 19.4. The molecule has 2 rings (SSSR count). The first-order chi connectivity index (χ1) is 20.3. The average molecular weight is 599 g/mol. The summed E-state index contributed by atoms with van der Waals surface area (Å²) < 4.78 is 30.9. The van der Waals surface area contributed by atoms with Crippen LogP contribution in [0.15, 0.2) is 66.8 Å². The van der Waals surface area contributed by atoms with Crippen LogP contribution in [0, 0.1) is 11.7 Å². The summed E-state index contributed by atoms with van der Waals surface area (Å²) in [6, 6.07) is 13.0. The van der Waals surface area contributed by atoms with Crippen LogP contribution in [0.5, 0.6) is 0 Å². The summed E-state index contributed by atoms with van der Waals surface area (Å²) in [7, 11) is 0. The molecule has 2 atom stereocenters. The van der Waals surface area contributed by atoms with Crippen molar-refractivity contribution in [1.29, 1.82) is 0 Å². The monoisotopic (exact) mass is 598 g/mol. The third kappa shape index (κ3) is 13.2. The van der Waals surface area contributed by atoms with Gasteiger partial charge in [-0.15, -0.1) is 0 Å². The van der Waals surface area contributed by atoms with Crippen LogP contribution in [0.4, 0.5) is 4.39 Å². The predicted molar refractivity (Wildman–Crippen MR) is 166 cm³/mol. The molecule has 7 nitrogen and oxygen atoms in total. The fourth-order valence-electron chi connectivity index (χ4n) is 4.20. The fourth-order valence-corrected chi connectivity index (χ4v) is 4.20. The number of rotatable bonds is 19. The van der Waals surface area contributed by atoms with Gasteiger partial charge in [0.2, 0.25) is 0 Å². The van der Waals surface area contributed by atoms with Crippen molar-refractivity contribution in [2.75, 3.05) is 26.4 Å². The number of benzene rings is 2. The summed E-state index contributed by atoms with van der Waals surface area (Å²) in [5.41, 5.74) is 2.31. The minimum absolute atomic E-state index is 0.0286. The Bertz CT molecular complexity index is 1210. The van der Waals surface area contributed by atoms with E-state index in [4.69, 9.17) is 14.2 Å². The number of unbranched alkanes of at least 4 members (excludes halogenated alkanes) is 2. The van der Waals surface area contributed by atoms with Crippen LogP contribution >= 0.6 is 0 Å². The Kier molecular flexibility index (Phi) is 14.8. The quantitative estimate of drug-likeness (QED) is 0.114. The summed E-state index contributed by atoms with van der Waals surface area (Å²) >= 11 is 0. The summed E-state index contributed by atoms with van der Waals surface area (Å²) in [4.78, 5) is 24.7. The van der Waals surface area contributed by atoms with Crippen LogP contribution < -0.4 is 0 Å². The average Bonchev–Trinajstić information content (AvgIpc) is 2.95. The number of carbonyl (C=O) groups is 2. The molecular formula is C35H47FO7. The van der Waals surface area contributed by atoms with Crippen LogP contribution in [0.3, 0.4) is 0 Å². The summed E-state index contributed by atoms with van der Waals surface area (Å²) in [6.45, 7) is 13.8. The van der Waals surface area contributed by atoms with Gasteiger partial charge in [0.1, 0.15) is 5.82 Å². The van der Waals surface area contributed by atoms with Gasteiger partial charge in [0.25, 0.3) is 0 Å². The molecule has 2 unspecified atom stereocenters. The second-order valence-corrected chi connectivity index (χ2v) is 11.7. The Morgan fingerprint density at radius 2 is 1.58 bits per heavy atom. The van der Waals surface area contributed by atoms with E-state index in [1.165, 1.54) is 6.92 Å². The lowest BCUT2D eigenvalue weighted by Gasteiger charge is -2.19. The normalized spacial score (nSPS) is 12.8. The van der Waals surface area contributed by atoms with Crippen molar-refractivity contribution in [3.63, 3.8) is 0 Å². The van der Waals surface area contributed by atoms with Gasteiger partial charge < -0.3 is 24.4 Å². The molecule has 0 fully saturated rings. The maximum absolute atomic E-state index is 14.9. The molecule has 236 valence electrons. The number of halogens is 1. The SMILES string of the molecule is C=C(COCC(C)(C)O)C(=O)OCC(CCc1ccc(-c2ccc(CCCCC)cc2F)cc1)COC(=O)C(=C)C(C)O. The Balaban J connectivity index is 2.01. The maximum Gasteiger partial charge on any atom is 0.336 e. The smallest absolute Gasteiger partial charge is 0.336 e. The van der Waals surface area contributed by atoms with Gasteiger partial charge in [-0.25, -0.2) is 14.0 Å². The van der Waals surface area contributed by atoms with Gasteiger partial charge in [-0.2, -0.15) is 0 Å². The molecule has 0 amide bonds. The first-order valence-corrected chi connectivity index (χ1v) is 14.9. The van der Waals surface area contributed by atoms with Crippen LogP contribution in [-0.4, -0.2) is 60.3 Å². The molecule has 0 bridgehead atoms. The Morgan fingerprint density at radius 3 is 2.16 bits per heavy atom. The number of aliphatic hydroxyl groups is 2. The minimum atomic E-state index is -1.04. The van der Waals surface area contributed by atoms with Crippen LogP contribution in [-0.2, 0) is 36.6 Å². The molecule has 0 aliphatic carbocycles. The molecule has 0 spiro atoms. The van der Waals surface area contributed by atoms with Gasteiger partial charge >= 0.3 is 11.9 Å². The number of hydrogen-bond acceptors (Lipinski definition) is 7. The predicted octanol–water partition coefficient (Wildman–Crippen LogP) is 6.14. The zero-order chi connectivity index (χ0) is 32.0. The number of ether oxygens (including phenoxy) is 3. The van der Waals surface area contributed by atoms with Gasteiger partial charge in [-0.3, -0.25) is 0 Å². The molecule has 2 aromatic carbocycles. The number of esters is 2. The molecule has 43 heavy (non-hydrogen) atoms. The lowest BCUT2D eigenvalue weighted by molar-refractivity contribution is -0.145. The second kappa shape index (κ2) is 17.7. The molecule has 0 aromatic heterocycles. The van der Waals surface area contributed by atoms with Crippen molar-refractivity contribution in [3.05, 3.63) is 83.7 Å². The molecule has 0 aliphatic heterocycles. The highest BCUT2D eigenvalue weighted by molar-refractivity contribution is 5.89. The standard InChI is InChI=1S/C35H47FO7/c1-7-8-9-10-28-15-18-31(32(36)19-28)30-16-13-27(14-17-30)11-12-29(22-43-34(39)25(3)26(4)37)21-42-33(38)24(2)20-41-23-35(5,6)40/h13-19,26,29,37,40H,2-3,7-12,20-23H2,1,4-6H3. The van der Waals surface area contributed by atoms with Gasteiger partial charge in [0.05, 0.1) is 49.3 Å². The molecule has 0 heterocycles. The number of hydrogen-bond donors (Lipinski definition) is 2. The minimum Gasteiger partial charge on any atom is -0.462 e. The van der Waals surface area contributed by atoms with Gasteiger partial charge in [-0.1, -0.05) is 69.3 Å². The molecule has 0 radical (unpaired) electrons. The van der Waals surface area contributed by atoms with Crippen LogP contribution in [0.25, 0.3) is 11.1 Å². The highest BCUT2D eigenvalue weighted by Gasteiger charge is 2.20. The third-order valence-corrected chi connectivity index (χ3v) is 6.90. The van der Waals surface area contributed by atoms with E-state index in [1.54, 1.807) is 19.9 Å². The van der Waals surface area contributed by atoms with E-state index in [0.717, 1.165) is 42.4 Å². The lowest BCUT2D eigenvalue weighted by atomic mass is 9.97. The highest BCUT2D eigenvalue weighted by Crippen LogP contribution is 2.25. The second-order valence-electron chi connectivity index (χ2n) is 11.7. The van der Waals surface area contributed by atoms with Crippen molar-refractivity contribution >= 4 is 11.9 Å². The number of carbonyl (C=O) groups excluding carboxylic acids is 2. The zero-order valence-electron chi connectivity index (χ0n) is 26.0. The number of aryl methyl sites for hydroxylation is 2. The first kappa shape index (κ1) is 35.9. The van der Waals surface area contributed by atoms with E-state index in [-0.39, 0.29) is 49.3 Å². The first-order valence-electron chi connectivity index (χ1n) is 14.9. The molecule has 2 N–H and O–H groups in total. The summed E-state index contributed by atoms with van der Waals surface area (Å²) in [6.07, 6.45) is 4.23. The lowest BCUT2D eigenvalue weighted by Crippen LogP contribution is -2.27. The fraction of sp³-hybridized carbons (Fsp3) is 0.486. The van der Waals surface area contributed by atoms with Crippen LogP contribution in [0.1, 0.15) is 64.5 Å². The van der Waals surface area contributed by atoms with Crippen molar-refractivity contribution in [1.82, 2.24) is 0 Å². The van der Waals surface area contributed by atoms with Crippen molar-refractivity contribution in [2.24, 2.45) is 5.92 Å². The Labute approximate surface area is 255 Å². The Hall–Kier alpha value is -3.33.